The highest BCUT2D eigenvalue weighted by molar-refractivity contribution is 5.61. The molecule has 1 rings (SSSR count). The Morgan fingerprint density at radius 3 is 1.96 bits per heavy atom. The molecular formula is C24H37N. The monoisotopic (exact) mass is 339 g/mol. The molecule has 0 bridgehead atoms. The van der Waals surface area contributed by atoms with Crippen LogP contribution >= 0.6 is 0 Å². The second-order valence-corrected chi connectivity index (χ2v) is 5.24. The molecule has 0 spiro atoms. The van der Waals surface area contributed by atoms with Gasteiger partial charge in [-0.3, -0.25) is 0 Å². The van der Waals surface area contributed by atoms with E-state index in [2.05, 4.69) is 76.1 Å². The number of hydrogen-bond acceptors (Lipinski definition) is 1. The van der Waals surface area contributed by atoms with Crippen LogP contribution in [0, 0.1) is 6.92 Å². The minimum absolute atomic E-state index is 1.00. The minimum atomic E-state index is 1.00. The molecule has 0 fully saturated rings. The number of benzene rings is 1. The third-order valence-electron chi connectivity index (χ3n) is 2.93. The number of nitrogens with zero attached hydrogens (tertiary/aromatic N) is 1. The van der Waals surface area contributed by atoms with E-state index in [0.717, 1.165) is 17.1 Å². The van der Waals surface area contributed by atoms with Crippen LogP contribution in [0.5, 0.6) is 0 Å². The molecule has 0 aromatic heterocycles. The Balaban J connectivity index is 0. The average Bonchev–Trinajstić information content (AvgIpc) is 2.63. The summed E-state index contributed by atoms with van der Waals surface area (Å²) < 4.78 is 0. The van der Waals surface area contributed by atoms with E-state index in [4.69, 9.17) is 0 Å². The first kappa shape index (κ1) is 25.0. The number of hydrogen-bond donors (Lipinski definition) is 0. The summed E-state index contributed by atoms with van der Waals surface area (Å²) in [4.78, 5) is 2.16. The molecule has 1 heteroatoms. The summed E-state index contributed by atoms with van der Waals surface area (Å²) in [6, 6.07) is 8.45. The van der Waals surface area contributed by atoms with Gasteiger partial charge in [-0.15, -0.1) is 0 Å². The molecule has 0 N–H and O–H groups in total. The van der Waals surface area contributed by atoms with Gasteiger partial charge in [0.2, 0.25) is 0 Å². The molecule has 0 amide bonds. The Morgan fingerprint density at radius 2 is 1.56 bits per heavy atom. The van der Waals surface area contributed by atoms with Gasteiger partial charge in [0.1, 0.15) is 0 Å². The summed E-state index contributed by atoms with van der Waals surface area (Å²) in [7, 11) is 0. The molecule has 0 unspecified atom stereocenters. The predicted octanol–water partition coefficient (Wildman–Crippen LogP) is 7.98. The van der Waals surface area contributed by atoms with E-state index in [1.807, 2.05) is 45.1 Å². The van der Waals surface area contributed by atoms with Gasteiger partial charge in [-0.05, 0) is 51.1 Å². The third kappa shape index (κ3) is 10.2. The first-order valence-electron chi connectivity index (χ1n) is 9.17. The van der Waals surface area contributed by atoms with Crippen LogP contribution in [0.15, 0.2) is 85.3 Å². The smallest absolute Gasteiger partial charge is 0.0458 e. The molecule has 1 nitrogen and oxygen atoms in total. The number of anilines is 1. The largest absolute Gasteiger partial charge is 0.315 e. The molecule has 1 aromatic carbocycles. The fourth-order valence-electron chi connectivity index (χ4n) is 1.91. The molecule has 0 heterocycles. The summed E-state index contributed by atoms with van der Waals surface area (Å²) in [6.45, 7) is 22.1. The molecule has 138 valence electrons. The van der Waals surface area contributed by atoms with Crippen LogP contribution in [-0.4, -0.2) is 0 Å². The van der Waals surface area contributed by atoms with Gasteiger partial charge in [0.15, 0.2) is 0 Å². The van der Waals surface area contributed by atoms with Crippen molar-refractivity contribution in [3.63, 3.8) is 0 Å². The fourth-order valence-corrected chi connectivity index (χ4v) is 1.91. The van der Waals surface area contributed by atoms with Crippen LogP contribution in [0.1, 0.15) is 53.5 Å². The van der Waals surface area contributed by atoms with E-state index in [-0.39, 0.29) is 0 Å². The lowest BCUT2D eigenvalue weighted by atomic mass is 10.1. The van der Waals surface area contributed by atoms with Crippen LogP contribution in [-0.2, 0) is 0 Å². The van der Waals surface area contributed by atoms with E-state index in [1.165, 1.54) is 12.0 Å². The number of aryl methyl sites for hydroxylation is 1. The average molecular weight is 340 g/mol. The van der Waals surface area contributed by atoms with Crippen LogP contribution in [0.25, 0.3) is 0 Å². The first-order valence-corrected chi connectivity index (χ1v) is 9.17. The van der Waals surface area contributed by atoms with Crippen LogP contribution in [0.2, 0.25) is 0 Å². The summed E-state index contributed by atoms with van der Waals surface area (Å²) in [6.07, 6.45) is 13.0. The Labute approximate surface area is 156 Å². The zero-order valence-corrected chi connectivity index (χ0v) is 17.3. The summed E-state index contributed by atoms with van der Waals surface area (Å²) in [5, 5.41) is 0. The van der Waals surface area contributed by atoms with Crippen molar-refractivity contribution in [2.45, 2.75) is 54.9 Å². The van der Waals surface area contributed by atoms with Gasteiger partial charge in [0.05, 0.1) is 0 Å². The maximum atomic E-state index is 3.90. The zero-order valence-electron chi connectivity index (χ0n) is 17.3. The maximum absolute atomic E-state index is 3.90. The topological polar surface area (TPSA) is 3.24 Å². The van der Waals surface area contributed by atoms with Crippen molar-refractivity contribution in [1.29, 1.82) is 0 Å². The molecule has 0 atom stereocenters. The van der Waals surface area contributed by atoms with E-state index in [1.54, 1.807) is 6.08 Å². The second kappa shape index (κ2) is 16.6. The Morgan fingerprint density at radius 1 is 1.04 bits per heavy atom. The van der Waals surface area contributed by atoms with E-state index < -0.39 is 0 Å². The van der Waals surface area contributed by atoms with E-state index in [0.29, 0.717) is 0 Å². The van der Waals surface area contributed by atoms with Crippen molar-refractivity contribution in [3.8, 4) is 0 Å². The molecule has 0 saturated carbocycles. The summed E-state index contributed by atoms with van der Waals surface area (Å²) in [5.74, 6) is 0. The molecule has 0 aliphatic rings. The summed E-state index contributed by atoms with van der Waals surface area (Å²) in [5.41, 5.74) is 4.49. The van der Waals surface area contributed by atoms with Gasteiger partial charge in [-0.1, -0.05) is 83.2 Å². The fraction of sp³-hybridized carbons (Fsp3) is 0.333. The summed E-state index contributed by atoms with van der Waals surface area (Å²) >= 11 is 0. The van der Waals surface area contributed by atoms with Crippen LogP contribution in [0.4, 0.5) is 5.69 Å². The molecule has 0 aliphatic heterocycles. The van der Waals surface area contributed by atoms with Gasteiger partial charge >= 0.3 is 0 Å². The highest BCUT2D eigenvalue weighted by Gasteiger charge is 2.10. The highest BCUT2D eigenvalue weighted by Crippen LogP contribution is 2.25. The lowest BCUT2D eigenvalue weighted by Gasteiger charge is -2.26. The van der Waals surface area contributed by atoms with Gasteiger partial charge in [0, 0.05) is 17.1 Å². The molecule has 1 aromatic rings. The van der Waals surface area contributed by atoms with Gasteiger partial charge < -0.3 is 4.90 Å². The Bertz CT molecular complexity index is 556. The molecule has 25 heavy (non-hydrogen) atoms. The van der Waals surface area contributed by atoms with Gasteiger partial charge in [-0.25, -0.2) is 0 Å². The lowest BCUT2D eigenvalue weighted by molar-refractivity contribution is 1.09. The third-order valence-corrected chi connectivity index (χ3v) is 2.93. The van der Waals surface area contributed by atoms with Crippen molar-refractivity contribution in [2.75, 3.05) is 4.90 Å². The van der Waals surface area contributed by atoms with Crippen molar-refractivity contribution < 1.29 is 0 Å². The minimum Gasteiger partial charge on any atom is -0.315 e. The zero-order chi connectivity index (χ0) is 19.7. The standard InChI is InChI=1S/C19H23N.C3H8.C2H6/c1-6-9-11-17(5)20(18(8-3)10-7-2)19-14-12-16(4)13-15-19;1-3-2;1-2/h6-15H,2-3H2,1,4-5H3;3H2,1-2H3;1-2H3/b9-6-,17-11+,18-10+;;. The SMILES string of the molecule is C=C/C=C(\C=C)N(/C(C)=C/C=C\C)c1ccc(C)cc1.CC.CCC. The number of rotatable bonds is 6. The van der Waals surface area contributed by atoms with E-state index >= 15 is 0 Å². The maximum Gasteiger partial charge on any atom is 0.0458 e. The Hall–Kier alpha value is -2.28. The van der Waals surface area contributed by atoms with Crippen LogP contribution < -0.4 is 4.90 Å². The second-order valence-electron chi connectivity index (χ2n) is 5.24. The number of allylic oxidation sites excluding steroid dienone is 7. The predicted molar refractivity (Wildman–Crippen MR) is 118 cm³/mol. The molecule has 0 saturated heterocycles. The van der Waals surface area contributed by atoms with E-state index in [9.17, 15) is 0 Å². The van der Waals surface area contributed by atoms with Crippen molar-refractivity contribution in [2.24, 2.45) is 0 Å². The van der Waals surface area contributed by atoms with Gasteiger partial charge in [-0.2, -0.15) is 0 Å². The highest BCUT2D eigenvalue weighted by atomic mass is 15.1. The normalized spacial score (nSPS) is 11.0. The molecular weight excluding hydrogens is 302 g/mol. The van der Waals surface area contributed by atoms with Gasteiger partial charge in [0.25, 0.3) is 0 Å². The molecule has 0 radical (unpaired) electrons. The van der Waals surface area contributed by atoms with Crippen LogP contribution in [0.3, 0.4) is 0 Å². The molecule has 0 aliphatic carbocycles. The van der Waals surface area contributed by atoms with Crippen molar-refractivity contribution in [1.82, 2.24) is 0 Å². The van der Waals surface area contributed by atoms with Crippen molar-refractivity contribution >= 4 is 5.69 Å². The first-order chi connectivity index (χ1) is 12.0. The quantitative estimate of drug-likeness (QED) is 0.475. The lowest BCUT2D eigenvalue weighted by Crippen LogP contribution is -2.19. The Kier molecular flexibility index (Phi) is 16.6. The van der Waals surface area contributed by atoms with Crippen molar-refractivity contribution in [3.05, 3.63) is 90.8 Å².